The molecule has 1 aromatic rings. The third-order valence-electron chi connectivity index (χ3n) is 4.12. The van der Waals surface area contributed by atoms with E-state index in [4.69, 9.17) is 0 Å². The zero-order chi connectivity index (χ0) is 19.6. The summed E-state index contributed by atoms with van der Waals surface area (Å²) in [5.41, 5.74) is -1.45. The Labute approximate surface area is 148 Å². The number of carbonyl (C=O) groups is 3. The molecule has 2 N–H and O–H groups in total. The molecule has 6 nitrogen and oxygen atoms in total. The molecule has 1 saturated heterocycles. The average Bonchev–Trinajstić information content (AvgIpc) is 2.51. The van der Waals surface area contributed by atoms with E-state index in [0.717, 1.165) is 19.1 Å². The Morgan fingerprint density at radius 1 is 1.19 bits per heavy atom. The molecule has 0 radical (unpaired) electrons. The molecule has 0 spiro atoms. The minimum atomic E-state index is -4.69. The molecule has 1 aliphatic rings. The summed E-state index contributed by atoms with van der Waals surface area (Å²) < 4.78 is 39.3. The topological polar surface area (TPSA) is 86.7 Å². The van der Waals surface area contributed by atoms with Crippen molar-refractivity contribution >= 4 is 23.5 Å². The second kappa shape index (κ2) is 7.35. The first-order valence-corrected chi connectivity index (χ1v) is 7.99. The Balaban J connectivity index is 2.37. The maximum Gasteiger partial charge on any atom is 0.416 e. The van der Waals surface area contributed by atoms with Crippen LogP contribution in [-0.4, -0.2) is 40.9 Å². The summed E-state index contributed by atoms with van der Waals surface area (Å²) >= 11 is 0. The van der Waals surface area contributed by atoms with Crippen molar-refractivity contribution in [2.45, 2.75) is 26.4 Å². The normalized spacial score (nSPS) is 20.6. The first-order valence-electron chi connectivity index (χ1n) is 7.99. The molecule has 142 valence electrons. The summed E-state index contributed by atoms with van der Waals surface area (Å²) in [6.07, 6.45) is -4.29. The average molecular weight is 372 g/mol. The number of alkyl halides is 3. The van der Waals surface area contributed by atoms with Gasteiger partial charge in [-0.1, -0.05) is 6.92 Å². The van der Waals surface area contributed by atoms with Crippen LogP contribution in [0.5, 0.6) is 0 Å². The van der Waals surface area contributed by atoms with E-state index in [9.17, 15) is 32.7 Å². The third-order valence-corrected chi connectivity index (χ3v) is 4.12. The monoisotopic (exact) mass is 372 g/mol. The highest BCUT2D eigenvalue weighted by atomic mass is 19.4. The lowest BCUT2D eigenvalue weighted by atomic mass is 9.90. The van der Waals surface area contributed by atoms with Gasteiger partial charge in [-0.2, -0.15) is 13.2 Å². The predicted molar refractivity (Wildman–Crippen MR) is 86.6 cm³/mol. The highest BCUT2D eigenvalue weighted by Gasteiger charge is 2.35. The van der Waals surface area contributed by atoms with Crippen molar-refractivity contribution in [1.29, 1.82) is 0 Å². The molecule has 0 aliphatic carbocycles. The first-order chi connectivity index (χ1) is 12.0. The van der Waals surface area contributed by atoms with Crippen LogP contribution in [0.25, 0.3) is 0 Å². The number of benzene rings is 1. The van der Waals surface area contributed by atoms with Crippen LogP contribution in [-0.2, 0) is 15.8 Å². The van der Waals surface area contributed by atoms with E-state index in [1.54, 1.807) is 6.92 Å². The molecule has 2 amide bonds. The zero-order valence-corrected chi connectivity index (χ0v) is 14.3. The van der Waals surface area contributed by atoms with Crippen LogP contribution in [0.15, 0.2) is 18.2 Å². The molecule has 0 aromatic heterocycles. The van der Waals surface area contributed by atoms with Crippen LogP contribution < -0.4 is 5.32 Å². The maximum atomic E-state index is 13.1. The van der Waals surface area contributed by atoms with E-state index in [0.29, 0.717) is 12.5 Å². The van der Waals surface area contributed by atoms with E-state index in [1.807, 2.05) is 0 Å². The van der Waals surface area contributed by atoms with Gasteiger partial charge in [-0.15, -0.1) is 0 Å². The van der Waals surface area contributed by atoms with Crippen molar-refractivity contribution in [2.24, 2.45) is 11.8 Å². The van der Waals surface area contributed by atoms with Gasteiger partial charge in [0.25, 0.3) is 5.91 Å². The summed E-state index contributed by atoms with van der Waals surface area (Å²) in [5.74, 6) is -3.16. The van der Waals surface area contributed by atoms with E-state index in [1.165, 1.54) is 4.90 Å². The minimum absolute atomic E-state index is 0.0653. The number of carbonyl (C=O) groups excluding carboxylic acids is 2. The number of piperidine rings is 1. The minimum Gasteiger partial charge on any atom is -0.481 e. The maximum absolute atomic E-state index is 13.1. The quantitative estimate of drug-likeness (QED) is 0.854. The van der Waals surface area contributed by atoms with Crippen LogP contribution in [0, 0.1) is 11.8 Å². The number of likely N-dealkylation sites (tertiary alicyclic amines) is 1. The second-order valence-corrected chi connectivity index (χ2v) is 6.56. The Bertz CT molecular complexity index is 733. The molecule has 1 fully saturated rings. The molecule has 1 aromatic carbocycles. The summed E-state index contributed by atoms with van der Waals surface area (Å²) in [4.78, 5) is 36.3. The smallest absolute Gasteiger partial charge is 0.416 e. The van der Waals surface area contributed by atoms with E-state index in [2.05, 4.69) is 5.32 Å². The van der Waals surface area contributed by atoms with E-state index in [-0.39, 0.29) is 30.3 Å². The number of aliphatic carboxylic acids is 1. The Kier molecular flexibility index (Phi) is 5.58. The van der Waals surface area contributed by atoms with E-state index < -0.39 is 35.4 Å². The van der Waals surface area contributed by atoms with Gasteiger partial charge in [-0.3, -0.25) is 14.4 Å². The number of hydrogen-bond acceptors (Lipinski definition) is 3. The summed E-state index contributed by atoms with van der Waals surface area (Å²) in [6, 6.07) is 2.62. The SMILES string of the molecule is CC(=O)Nc1cc(C(=O)N2CC(C)CC(C(=O)O)C2)cc(C(F)(F)F)c1. The fraction of sp³-hybridized carbons (Fsp3) is 0.471. The van der Waals surface area contributed by atoms with Crippen molar-refractivity contribution in [3.63, 3.8) is 0 Å². The van der Waals surface area contributed by atoms with Gasteiger partial charge in [-0.05, 0) is 30.5 Å². The van der Waals surface area contributed by atoms with Gasteiger partial charge >= 0.3 is 12.1 Å². The first kappa shape index (κ1) is 19.7. The fourth-order valence-corrected chi connectivity index (χ4v) is 3.07. The highest BCUT2D eigenvalue weighted by molar-refractivity contribution is 5.97. The number of rotatable bonds is 3. The largest absolute Gasteiger partial charge is 0.481 e. The van der Waals surface area contributed by atoms with Crippen molar-refractivity contribution in [2.75, 3.05) is 18.4 Å². The molecule has 0 saturated carbocycles. The van der Waals surface area contributed by atoms with Gasteiger partial charge in [-0.25, -0.2) is 0 Å². The van der Waals surface area contributed by atoms with Gasteiger partial charge in [0.1, 0.15) is 0 Å². The standard InChI is InChI=1S/C17H19F3N2O4/c1-9-3-12(16(25)26)8-22(7-9)15(24)11-4-13(17(18,19)20)6-14(5-11)21-10(2)23/h4-6,9,12H,3,7-8H2,1-2H3,(H,21,23)(H,25,26). The van der Waals surface area contributed by atoms with Crippen molar-refractivity contribution < 1.29 is 32.7 Å². The van der Waals surface area contributed by atoms with Crippen LogP contribution >= 0.6 is 0 Å². The van der Waals surface area contributed by atoms with Crippen LogP contribution in [0.3, 0.4) is 0 Å². The number of nitrogens with zero attached hydrogens (tertiary/aromatic N) is 1. The Morgan fingerprint density at radius 3 is 2.38 bits per heavy atom. The number of nitrogens with one attached hydrogen (secondary N) is 1. The van der Waals surface area contributed by atoms with Crippen molar-refractivity contribution in [3.05, 3.63) is 29.3 Å². The third kappa shape index (κ3) is 4.74. The number of amides is 2. The predicted octanol–water partition coefficient (Wildman–Crippen LogP) is 2.85. The van der Waals surface area contributed by atoms with Crippen LogP contribution in [0.1, 0.15) is 36.2 Å². The van der Waals surface area contributed by atoms with Gasteiger partial charge < -0.3 is 15.3 Å². The fourth-order valence-electron chi connectivity index (χ4n) is 3.07. The van der Waals surface area contributed by atoms with Gasteiger partial charge in [0.05, 0.1) is 11.5 Å². The van der Waals surface area contributed by atoms with Gasteiger partial charge in [0.2, 0.25) is 5.91 Å². The van der Waals surface area contributed by atoms with Gasteiger partial charge in [0, 0.05) is 31.3 Å². The summed E-state index contributed by atoms with van der Waals surface area (Å²) in [7, 11) is 0. The summed E-state index contributed by atoms with van der Waals surface area (Å²) in [5, 5.41) is 11.4. The van der Waals surface area contributed by atoms with E-state index >= 15 is 0 Å². The second-order valence-electron chi connectivity index (χ2n) is 6.56. The van der Waals surface area contributed by atoms with Gasteiger partial charge in [0.15, 0.2) is 0 Å². The lowest BCUT2D eigenvalue weighted by Crippen LogP contribution is -2.45. The Morgan fingerprint density at radius 2 is 1.85 bits per heavy atom. The lowest BCUT2D eigenvalue weighted by Gasteiger charge is -2.34. The van der Waals surface area contributed by atoms with Crippen LogP contribution in [0.2, 0.25) is 0 Å². The zero-order valence-electron chi connectivity index (χ0n) is 14.3. The summed E-state index contributed by atoms with van der Waals surface area (Å²) in [6.45, 7) is 3.12. The number of carboxylic acids is 1. The number of anilines is 1. The number of halogens is 3. The molecule has 2 unspecified atom stereocenters. The number of carboxylic acid groups (broad SMARTS) is 1. The van der Waals surface area contributed by atoms with Crippen molar-refractivity contribution in [3.8, 4) is 0 Å². The molecular weight excluding hydrogens is 353 g/mol. The molecule has 0 bridgehead atoms. The molecule has 1 heterocycles. The molecule has 2 rings (SSSR count). The van der Waals surface area contributed by atoms with Crippen LogP contribution in [0.4, 0.5) is 18.9 Å². The number of hydrogen-bond donors (Lipinski definition) is 2. The molecule has 9 heteroatoms. The molecular formula is C17H19F3N2O4. The lowest BCUT2D eigenvalue weighted by molar-refractivity contribution is -0.143. The molecule has 1 aliphatic heterocycles. The van der Waals surface area contributed by atoms with Crippen molar-refractivity contribution in [1.82, 2.24) is 4.90 Å². The molecule has 26 heavy (non-hydrogen) atoms. The highest BCUT2D eigenvalue weighted by Crippen LogP contribution is 2.33. The Hall–Kier alpha value is -2.58. The molecule has 2 atom stereocenters.